The van der Waals surface area contributed by atoms with E-state index >= 15 is 0 Å². The molecule has 0 heterocycles. The third kappa shape index (κ3) is 4.56. The van der Waals surface area contributed by atoms with Gasteiger partial charge in [-0.15, -0.1) is 0 Å². The van der Waals surface area contributed by atoms with Gasteiger partial charge in [-0.1, -0.05) is 12.8 Å². The molecule has 6 heteroatoms. The van der Waals surface area contributed by atoms with Crippen LogP contribution in [0.5, 0.6) is 0 Å². The standard InChI is InChI=1S/C12H22N2O3S/c1-11(2)17-9-10-18(15,16)14(8-7-13)12-5-3-4-6-12/h11-12H,3-6,8-10H2,1-2H3. The zero-order valence-electron chi connectivity index (χ0n) is 11.1. The summed E-state index contributed by atoms with van der Waals surface area (Å²) in [5, 5.41) is 8.79. The Hall–Kier alpha value is -0.640. The van der Waals surface area contributed by atoms with Gasteiger partial charge in [-0.3, -0.25) is 0 Å². The molecule has 0 unspecified atom stereocenters. The molecule has 1 aliphatic carbocycles. The van der Waals surface area contributed by atoms with Crippen molar-refractivity contribution >= 4 is 10.0 Å². The highest BCUT2D eigenvalue weighted by atomic mass is 32.2. The van der Waals surface area contributed by atoms with Crippen LogP contribution in [0.4, 0.5) is 0 Å². The number of sulfonamides is 1. The van der Waals surface area contributed by atoms with Crippen LogP contribution in [0.1, 0.15) is 39.5 Å². The molecule has 1 saturated carbocycles. The van der Waals surface area contributed by atoms with E-state index < -0.39 is 10.0 Å². The summed E-state index contributed by atoms with van der Waals surface area (Å²) in [7, 11) is -3.38. The van der Waals surface area contributed by atoms with Gasteiger partial charge in [0.05, 0.1) is 24.5 Å². The largest absolute Gasteiger partial charge is 0.378 e. The number of nitriles is 1. The highest BCUT2D eigenvalue weighted by Crippen LogP contribution is 2.25. The Bertz CT molecular complexity index is 381. The molecule has 0 spiro atoms. The van der Waals surface area contributed by atoms with Crippen molar-refractivity contribution in [2.75, 3.05) is 18.9 Å². The molecule has 0 aromatic heterocycles. The van der Waals surface area contributed by atoms with Crippen molar-refractivity contribution in [2.45, 2.75) is 51.7 Å². The fraction of sp³-hybridized carbons (Fsp3) is 0.917. The molecule has 0 aromatic rings. The quantitative estimate of drug-likeness (QED) is 0.660. The Morgan fingerprint density at radius 1 is 1.39 bits per heavy atom. The number of hydrogen-bond acceptors (Lipinski definition) is 4. The first-order valence-electron chi connectivity index (χ1n) is 6.45. The second-order valence-corrected chi connectivity index (χ2v) is 6.92. The van der Waals surface area contributed by atoms with Gasteiger partial charge in [-0.25, -0.2) is 8.42 Å². The fourth-order valence-electron chi connectivity index (χ4n) is 2.22. The van der Waals surface area contributed by atoms with Crippen LogP contribution >= 0.6 is 0 Å². The maximum absolute atomic E-state index is 12.2. The van der Waals surface area contributed by atoms with E-state index in [1.165, 1.54) is 4.31 Å². The van der Waals surface area contributed by atoms with Gasteiger partial charge in [0.1, 0.15) is 6.54 Å². The van der Waals surface area contributed by atoms with Gasteiger partial charge >= 0.3 is 0 Å². The minimum absolute atomic E-state index is 0.00806. The second-order valence-electron chi connectivity index (χ2n) is 4.88. The van der Waals surface area contributed by atoms with Crippen LogP contribution in [0, 0.1) is 11.3 Å². The van der Waals surface area contributed by atoms with Crippen LogP contribution < -0.4 is 0 Å². The molecular formula is C12H22N2O3S. The van der Waals surface area contributed by atoms with Crippen molar-refractivity contribution in [3.8, 4) is 6.07 Å². The van der Waals surface area contributed by atoms with Crippen molar-refractivity contribution in [2.24, 2.45) is 0 Å². The molecule has 1 fully saturated rings. The lowest BCUT2D eigenvalue weighted by Crippen LogP contribution is -2.41. The smallest absolute Gasteiger partial charge is 0.217 e. The molecule has 5 nitrogen and oxygen atoms in total. The first-order valence-corrected chi connectivity index (χ1v) is 8.06. The molecule has 0 saturated heterocycles. The van der Waals surface area contributed by atoms with Crippen molar-refractivity contribution in [3.63, 3.8) is 0 Å². The molecule has 0 bridgehead atoms. The fourth-order valence-corrected chi connectivity index (χ4v) is 3.68. The summed E-state index contributed by atoms with van der Waals surface area (Å²) >= 11 is 0. The third-order valence-electron chi connectivity index (χ3n) is 3.11. The Morgan fingerprint density at radius 3 is 2.50 bits per heavy atom. The molecular weight excluding hydrogens is 252 g/mol. The number of rotatable bonds is 7. The summed E-state index contributed by atoms with van der Waals surface area (Å²) in [6.45, 7) is 3.89. The highest BCUT2D eigenvalue weighted by molar-refractivity contribution is 7.89. The van der Waals surface area contributed by atoms with Crippen LogP contribution in [0.25, 0.3) is 0 Å². The second kappa shape index (κ2) is 7.07. The molecule has 1 aliphatic rings. The van der Waals surface area contributed by atoms with E-state index in [9.17, 15) is 8.42 Å². The SMILES string of the molecule is CC(C)OCCS(=O)(=O)N(CC#N)C1CCCC1. The number of ether oxygens (including phenoxy) is 1. The average molecular weight is 274 g/mol. The van der Waals surface area contributed by atoms with E-state index in [1.807, 2.05) is 19.9 Å². The van der Waals surface area contributed by atoms with Gasteiger partial charge < -0.3 is 4.74 Å². The zero-order chi connectivity index (χ0) is 13.6. The van der Waals surface area contributed by atoms with E-state index in [0.29, 0.717) is 0 Å². The van der Waals surface area contributed by atoms with Crippen LogP contribution in [-0.4, -0.2) is 43.8 Å². The van der Waals surface area contributed by atoms with E-state index in [1.54, 1.807) is 0 Å². The maximum atomic E-state index is 12.2. The predicted molar refractivity (Wildman–Crippen MR) is 69.4 cm³/mol. The lowest BCUT2D eigenvalue weighted by Gasteiger charge is -2.25. The van der Waals surface area contributed by atoms with Gasteiger partial charge in [0, 0.05) is 6.04 Å². The first kappa shape index (κ1) is 15.4. The maximum Gasteiger partial charge on any atom is 0.217 e. The van der Waals surface area contributed by atoms with Crippen LogP contribution in [0.15, 0.2) is 0 Å². The third-order valence-corrected chi connectivity index (χ3v) is 4.93. The van der Waals surface area contributed by atoms with Crippen LogP contribution in [-0.2, 0) is 14.8 Å². The van der Waals surface area contributed by atoms with E-state index in [4.69, 9.17) is 10.00 Å². The molecule has 0 amide bonds. The van der Waals surface area contributed by atoms with Gasteiger partial charge in [-0.05, 0) is 26.7 Å². The van der Waals surface area contributed by atoms with Crippen LogP contribution in [0.2, 0.25) is 0 Å². The van der Waals surface area contributed by atoms with Crippen LogP contribution in [0.3, 0.4) is 0 Å². The Labute approximate surface area is 110 Å². The highest BCUT2D eigenvalue weighted by Gasteiger charge is 2.31. The molecule has 0 N–H and O–H groups in total. The molecule has 0 radical (unpaired) electrons. The van der Waals surface area contributed by atoms with Crippen molar-refractivity contribution in [3.05, 3.63) is 0 Å². The van der Waals surface area contributed by atoms with E-state index in [0.717, 1.165) is 25.7 Å². The minimum Gasteiger partial charge on any atom is -0.378 e. The monoisotopic (exact) mass is 274 g/mol. The van der Waals surface area contributed by atoms with E-state index in [2.05, 4.69) is 0 Å². The summed E-state index contributed by atoms with van der Waals surface area (Å²) in [6, 6.07) is 1.96. The minimum atomic E-state index is -3.38. The lowest BCUT2D eigenvalue weighted by molar-refractivity contribution is 0.0905. The Kier molecular flexibility index (Phi) is 6.06. The van der Waals surface area contributed by atoms with Crippen molar-refractivity contribution < 1.29 is 13.2 Å². The molecule has 0 atom stereocenters. The molecule has 18 heavy (non-hydrogen) atoms. The summed E-state index contributed by atoms with van der Waals surface area (Å²) in [4.78, 5) is 0. The Balaban J connectivity index is 2.62. The average Bonchev–Trinajstić information content (AvgIpc) is 2.77. The normalized spacial score (nSPS) is 17.5. The molecule has 104 valence electrons. The van der Waals surface area contributed by atoms with Gasteiger partial charge in [0.25, 0.3) is 0 Å². The summed E-state index contributed by atoms with van der Waals surface area (Å²) in [5.74, 6) is -0.0383. The summed E-state index contributed by atoms with van der Waals surface area (Å²) in [6.07, 6.45) is 3.85. The topological polar surface area (TPSA) is 70.4 Å². The predicted octanol–water partition coefficient (Wildman–Crippen LogP) is 1.51. The lowest BCUT2D eigenvalue weighted by atomic mass is 10.2. The summed E-state index contributed by atoms with van der Waals surface area (Å²) < 4.78 is 31.0. The zero-order valence-corrected chi connectivity index (χ0v) is 11.9. The van der Waals surface area contributed by atoms with Crippen molar-refractivity contribution in [1.29, 1.82) is 5.26 Å². The Morgan fingerprint density at radius 2 is 2.00 bits per heavy atom. The van der Waals surface area contributed by atoms with Crippen molar-refractivity contribution in [1.82, 2.24) is 4.31 Å². The molecule has 1 rings (SSSR count). The van der Waals surface area contributed by atoms with E-state index in [-0.39, 0.29) is 31.1 Å². The summed E-state index contributed by atoms with van der Waals surface area (Å²) in [5.41, 5.74) is 0. The van der Waals surface area contributed by atoms with Gasteiger partial charge in [0.2, 0.25) is 10.0 Å². The first-order chi connectivity index (χ1) is 8.47. The van der Waals surface area contributed by atoms with Gasteiger partial charge in [-0.2, -0.15) is 9.57 Å². The molecule has 0 aliphatic heterocycles. The molecule has 0 aromatic carbocycles. The number of hydrogen-bond donors (Lipinski definition) is 0. The van der Waals surface area contributed by atoms with Gasteiger partial charge in [0.15, 0.2) is 0 Å². The number of nitrogens with zero attached hydrogens (tertiary/aromatic N) is 2.